The number of nitrogens with zero attached hydrogens (tertiary/aromatic N) is 1. The van der Waals surface area contributed by atoms with E-state index in [0.717, 1.165) is 51.2 Å². The molecule has 1 aliphatic rings. The fraction of sp³-hybridized carbons (Fsp3) is 0.895. The third-order valence-electron chi connectivity index (χ3n) is 4.78. The Morgan fingerprint density at radius 3 is 2.44 bits per heavy atom. The standard InChI is InChI=1S/C19H38N4O2/c1-3-8-16(11-14-24)15-23-19(20-4-2)22-13-12-21-18(25)17-9-6-5-7-10-17/h16-17,24H,3-15H2,1-2H3,(H,21,25)(H2,20,22,23). The van der Waals surface area contributed by atoms with Gasteiger partial charge in [0.25, 0.3) is 0 Å². The minimum absolute atomic E-state index is 0.203. The van der Waals surface area contributed by atoms with Crippen LogP contribution in [0.4, 0.5) is 0 Å². The number of aliphatic imine (C=N–C) groups is 1. The van der Waals surface area contributed by atoms with Crippen LogP contribution in [0.3, 0.4) is 0 Å². The summed E-state index contributed by atoms with van der Waals surface area (Å²) in [4.78, 5) is 16.7. The van der Waals surface area contributed by atoms with Gasteiger partial charge in [-0.3, -0.25) is 9.79 Å². The molecule has 0 aromatic carbocycles. The van der Waals surface area contributed by atoms with E-state index in [4.69, 9.17) is 5.11 Å². The number of carbonyl (C=O) groups excluding carboxylic acids is 1. The maximum atomic E-state index is 12.1. The van der Waals surface area contributed by atoms with Gasteiger partial charge in [-0.1, -0.05) is 32.6 Å². The summed E-state index contributed by atoms with van der Waals surface area (Å²) < 4.78 is 0. The van der Waals surface area contributed by atoms with Crippen LogP contribution in [0.5, 0.6) is 0 Å². The number of hydrogen-bond acceptors (Lipinski definition) is 3. The largest absolute Gasteiger partial charge is 0.396 e. The molecule has 0 heterocycles. The van der Waals surface area contributed by atoms with Gasteiger partial charge in [-0.2, -0.15) is 0 Å². The number of guanidine groups is 1. The fourth-order valence-electron chi connectivity index (χ4n) is 3.36. The average molecular weight is 355 g/mol. The second kappa shape index (κ2) is 13.9. The summed E-state index contributed by atoms with van der Waals surface area (Å²) >= 11 is 0. The number of aliphatic hydroxyl groups is 1. The molecule has 0 saturated heterocycles. The lowest BCUT2D eigenvalue weighted by Gasteiger charge is -2.21. The van der Waals surface area contributed by atoms with Crippen LogP contribution >= 0.6 is 0 Å². The summed E-state index contributed by atoms with van der Waals surface area (Å²) in [5, 5.41) is 18.7. The second-order valence-corrected chi connectivity index (χ2v) is 6.94. The molecule has 1 fully saturated rings. The molecule has 0 bridgehead atoms. The van der Waals surface area contributed by atoms with E-state index >= 15 is 0 Å². The van der Waals surface area contributed by atoms with E-state index in [0.29, 0.717) is 19.0 Å². The number of rotatable bonds is 11. The minimum Gasteiger partial charge on any atom is -0.396 e. The molecule has 6 nitrogen and oxygen atoms in total. The predicted molar refractivity (Wildman–Crippen MR) is 104 cm³/mol. The van der Waals surface area contributed by atoms with Gasteiger partial charge in [-0.25, -0.2) is 0 Å². The molecule has 1 saturated carbocycles. The van der Waals surface area contributed by atoms with Crippen LogP contribution < -0.4 is 16.0 Å². The zero-order valence-electron chi connectivity index (χ0n) is 16.1. The maximum Gasteiger partial charge on any atom is 0.223 e. The first kappa shape index (κ1) is 21.7. The van der Waals surface area contributed by atoms with Crippen molar-refractivity contribution in [3.8, 4) is 0 Å². The molecule has 0 aromatic rings. The molecular weight excluding hydrogens is 316 g/mol. The molecule has 6 heteroatoms. The number of hydrogen-bond donors (Lipinski definition) is 4. The van der Waals surface area contributed by atoms with Crippen molar-refractivity contribution in [1.29, 1.82) is 0 Å². The van der Waals surface area contributed by atoms with Crippen molar-refractivity contribution in [3.63, 3.8) is 0 Å². The molecule has 25 heavy (non-hydrogen) atoms. The summed E-state index contributed by atoms with van der Waals surface area (Å²) in [7, 11) is 0. The van der Waals surface area contributed by atoms with Gasteiger partial charge in [0.1, 0.15) is 0 Å². The average Bonchev–Trinajstić information content (AvgIpc) is 2.63. The molecule has 0 spiro atoms. The van der Waals surface area contributed by atoms with E-state index in [1.165, 1.54) is 19.3 Å². The van der Waals surface area contributed by atoms with Crippen LogP contribution in [0.1, 0.15) is 65.2 Å². The van der Waals surface area contributed by atoms with Gasteiger partial charge in [-0.05, 0) is 38.5 Å². The van der Waals surface area contributed by atoms with Crippen LogP contribution in [0.2, 0.25) is 0 Å². The third kappa shape index (κ3) is 9.68. The monoisotopic (exact) mass is 354 g/mol. The quantitative estimate of drug-likeness (QED) is 0.260. The van der Waals surface area contributed by atoms with Gasteiger partial charge in [0, 0.05) is 38.7 Å². The normalized spacial score (nSPS) is 17.2. The van der Waals surface area contributed by atoms with Crippen molar-refractivity contribution in [2.24, 2.45) is 16.8 Å². The Morgan fingerprint density at radius 2 is 1.80 bits per heavy atom. The van der Waals surface area contributed by atoms with E-state index in [1.54, 1.807) is 0 Å². The summed E-state index contributed by atoms with van der Waals surface area (Å²) in [6.45, 7) is 7.23. The first-order valence-corrected chi connectivity index (χ1v) is 10.1. The van der Waals surface area contributed by atoms with E-state index in [2.05, 4.69) is 27.9 Å². The predicted octanol–water partition coefficient (Wildman–Crippen LogP) is 2.04. The molecule has 0 radical (unpaired) electrons. The van der Waals surface area contributed by atoms with Crippen LogP contribution in [0.15, 0.2) is 4.99 Å². The molecule has 1 unspecified atom stereocenters. The molecule has 1 rings (SSSR count). The van der Waals surface area contributed by atoms with Crippen LogP contribution in [-0.4, -0.2) is 49.8 Å². The lowest BCUT2D eigenvalue weighted by Crippen LogP contribution is -2.43. The zero-order chi connectivity index (χ0) is 18.3. The van der Waals surface area contributed by atoms with Gasteiger partial charge < -0.3 is 21.1 Å². The Labute approximate surface area is 153 Å². The SMILES string of the molecule is CCCC(CCO)CN=C(NCC)NCCNC(=O)C1CCCCC1. The Kier molecular flexibility index (Phi) is 12.1. The van der Waals surface area contributed by atoms with Crippen molar-refractivity contribution < 1.29 is 9.90 Å². The molecule has 1 amide bonds. The van der Waals surface area contributed by atoms with Crippen LogP contribution in [0, 0.1) is 11.8 Å². The first-order chi connectivity index (χ1) is 12.2. The van der Waals surface area contributed by atoms with Gasteiger partial charge >= 0.3 is 0 Å². The highest BCUT2D eigenvalue weighted by molar-refractivity contribution is 5.80. The van der Waals surface area contributed by atoms with Gasteiger partial charge in [-0.15, -0.1) is 0 Å². The van der Waals surface area contributed by atoms with Crippen LogP contribution in [0.25, 0.3) is 0 Å². The molecule has 0 aliphatic heterocycles. The molecule has 4 N–H and O–H groups in total. The van der Waals surface area contributed by atoms with Crippen molar-refractivity contribution in [3.05, 3.63) is 0 Å². The highest BCUT2D eigenvalue weighted by Crippen LogP contribution is 2.23. The van der Waals surface area contributed by atoms with E-state index in [9.17, 15) is 4.79 Å². The van der Waals surface area contributed by atoms with Crippen molar-refractivity contribution in [2.75, 3.05) is 32.8 Å². The third-order valence-corrected chi connectivity index (χ3v) is 4.78. The summed E-state index contributed by atoms with van der Waals surface area (Å²) in [6, 6.07) is 0. The van der Waals surface area contributed by atoms with Crippen LogP contribution in [-0.2, 0) is 4.79 Å². The number of carbonyl (C=O) groups is 1. The van der Waals surface area contributed by atoms with Crippen molar-refractivity contribution in [1.82, 2.24) is 16.0 Å². The van der Waals surface area contributed by atoms with Gasteiger partial charge in [0.15, 0.2) is 5.96 Å². The van der Waals surface area contributed by atoms with Gasteiger partial charge in [0.2, 0.25) is 5.91 Å². The van der Waals surface area contributed by atoms with E-state index < -0.39 is 0 Å². The Bertz CT molecular complexity index is 376. The smallest absolute Gasteiger partial charge is 0.223 e. The highest BCUT2D eigenvalue weighted by Gasteiger charge is 2.20. The molecule has 0 aromatic heterocycles. The highest BCUT2D eigenvalue weighted by atomic mass is 16.3. The molecule has 146 valence electrons. The molecular formula is C19H38N4O2. The molecule has 1 aliphatic carbocycles. The summed E-state index contributed by atoms with van der Waals surface area (Å²) in [5.74, 6) is 1.63. The lowest BCUT2D eigenvalue weighted by molar-refractivity contribution is -0.125. The number of nitrogens with one attached hydrogen (secondary N) is 3. The van der Waals surface area contributed by atoms with Crippen molar-refractivity contribution in [2.45, 2.75) is 65.2 Å². The number of aliphatic hydroxyl groups excluding tert-OH is 1. The Morgan fingerprint density at radius 1 is 1.08 bits per heavy atom. The Hall–Kier alpha value is -1.30. The number of amides is 1. The van der Waals surface area contributed by atoms with Crippen molar-refractivity contribution >= 4 is 11.9 Å². The van der Waals surface area contributed by atoms with Gasteiger partial charge in [0.05, 0.1) is 0 Å². The fourth-order valence-corrected chi connectivity index (χ4v) is 3.36. The topological polar surface area (TPSA) is 85.8 Å². The zero-order valence-corrected chi connectivity index (χ0v) is 16.1. The maximum absolute atomic E-state index is 12.1. The lowest BCUT2D eigenvalue weighted by atomic mass is 9.89. The first-order valence-electron chi connectivity index (χ1n) is 10.1. The van der Waals surface area contributed by atoms with E-state index in [1.807, 2.05) is 6.92 Å². The second-order valence-electron chi connectivity index (χ2n) is 6.94. The van der Waals surface area contributed by atoms with E-state index in [-0.39, 0.29) is 18.4 Å². The minimum atomic E-state index is 0.203. The Balaban J connectivity index is 2.30. The summed E-state index contributed by atoms with van der Waals surface area (Å²) in [6.07, 6.45) is 8.69. The molecule has 1 atom stereocenters. The summed E-state index contributed by atoms with van der Waals surface area (Å²) in [5.41, 5.74) is 0.